The second kappa shape index (κ2) is 12.8. The third kappa shape index (κ3) is 8.39. The first-order valence-corrected chi connectivity index (χ1v) is 12.6. The maximum atomic E-state index is 13.3. The van der Waals surface area contributed by atoms with E-state index in [0.29, 0.717) is 17.6 Å². The summed E-state index contributed by atoms with van der Waals surface area (Å²) in [5.41, 5.74) is 2.11. The average Bonchev–Trinajstić information content (AvgIpc) is 2.65. The molecule has 0 aliphatic carbocycles. The van der Waals surface area contributed by atoms with E-state index in [-0.39, 0.29) is 4.75 Å². The van der Waals surface area contributed by atoms with E-state index >= 15 is 0 Å². The summed E-state index contributed by atoms with van der Waals surface area (Å²) >= 11 is 1.98. The fourth-order valence-corrected chi connectivity index (χ4v) is 5.20. The van der Waals surface area contributed by atoms with Gasteiger partial charge in [-0.15, -0.1) is 11.8 Å². The zero-order valence-electron chi connectivity index (χ0n) is 19.7. The molecule has 1 nitrogen and oxygen atoms in total. The maximum Gasteiger partial charge on any atom is 0.185 e. The van der Waals surface area contributed by atoms with Crippen molar-refractivity contribution in [3.05, 3.63) is 23.3 Å². The van der Waals surface area contributed by atoms with Gasteiger partial charge < -0.3 is 0 Å². The van der Waals surface area contributed by atoms with Gasteiger partial charge in [-0.3, -0.25) is 5.11 Å². The highest BCUT2D eigenvalue weighted by atomic mass is 32.2. The molecule has 0 amide bonds. The minimum atomic E-state index is 0.216. The highest BCUT2D eigenvalue weighted by Crippen LogP contribution is 2.44. The molecule has 0 aliphatic rings. The molecule has 2 heteroatoms. The summed E-state index contributed by atoms with van der Waals surface area (Å²) < 4.78 is 0.216. The molecule has 0 saturated carbocycles. The van der Waals surface area contributed by atoms with E-state index < -0.39 is 0 Å². The van der Waals surface area contributed by atoms with E-state index in [1.54, 1.807) is 0 Å². The van der Waals surface area contributed by atoms with Crippen molar-refractivity contribution < 1.29 is 5.11 Å². The maximum absolute atomic E-state index is 13.3. The zero-order valence-corrected chi connectivity index (χ0v) is 20.5. The van der Waals surface area contributed by atoms with Crippen LogP contribution in [0.15, 0.2) is 17.0 Å². The molecule has 0 bridgehead atoms. The molecule has 0 heterocycles. The van der Waals surface area contributed by atoms with E-state index in [4.69, 9.17) is 0 Å². The summed E-state index contributed by atoms with van der Waals surface area (Å²) in [6.07, 6.45) is 12.1. The Labute approximate surface area is 180 Å². The van der Waals surface area contributed by atoms with Gasteiger partial charge in [-0.05, 0) is 43.2 Å². The van der Waals surface area contributed by atoms with Gasteiger partial charge in [-0.2, -0.15) is 0 Å². The second-order valence-electron chi connectivity index (χ2n) is 9.34. The number of hydrogen-bond donors (Lipinski definition) is 0. The molecule has 1 aromatic rings. The molecule has 0 aliphatic heterocycles. The normalized spacial score (nSPS) is 14.2. The summed E-state index contributed by atoms with van der Waals surface area (Å²) in [6, 6.07) is 4.45. The highest BCUT2D eigenvalue weighted by molar-refractivity contribution is 8.00. The van der Waals surface area contributed by atoms with Crippen molar-refractivity contribution in [2.24, 2.45) is 0 Å². The molecule has 0 spiro atoms. The number of thioether (sulfide) groups is 1. The Morgan fingerprint density at radius 2 is 1.29 bits per heavy atom. The van der Waals surface area contributed by atoms with Crippen molar-refractivity contribution in [2.45, 2.75) is 134 Å². The van der Waals surface area contributed by atoms with E-state index in [1.807, 2.05) is 11.8 Å². The smallest absolute Gasteiger partial charge is 0.185 e. The number of rotatable bonds is 14. The van der Waals surface area contributed by atoms with Gasteiger partial charge in [-0.25, -0.2) is 0 Å². The van der Waals surface area contributed by atoms with E-state index in [0.717, 1.165) is 24.0 Å². The topological polar surface area (TPSA) is 19.9 Å². The molecule has 28 heavy (non-hydrogen) atoms. The van der Waals surface area contributed by atoms with Crippen molar-refractivity contribution >= 4 is 11.8 Å². The molecule has 161 valence electrons. The Bertz CT molecular complexity index is 529. The number of unbranched alkanes of at least 4 members (excludes halogenated alkanes) is 4. The van der Waals surface area contributed by atoms with Crippen molar-refractivity contribution in [3.8, 4) is 5.75 Å². The number of benzene rings is 1. The van der Waals surface area contributed by atoms with Gasteiger partial charge in [0.05, 0.1) is 0 Å². The van der Waals surface area contributed by atoms with E-state index in [1.165, 1.54) is 56.3 Å². The third-order valence-electron chi connectivity index (χ3n) is 5.94. The van der Waals surface area contributed by atoms with Crippen LogP contribution in [0.3, 0.4) is 0 Å². The van der Waals surface area contributed by atoms with Crippen LogP contribution in [0.2, 0.25) is 0 Å². The number of hydrogen-bond acceptors (Lipinski definition) is 1. The first-order chi connectivity index (χ1) is 13.3. The van der Waals surface area contributed by atoms with Crippen LogP contribution >= 0.6 is 11.8 Å². The lowest BCUT2D eigenvalue weighted by molar-refractivity contribution is 0.337. The molecule has 0 aromatic heterocycles. The molecule has 0 N–H and O–H groups in total. The second-order valence-corrected chi connectivity index (χ2v) is 11.1. The average molecular weight is 406 g/mol. The lowest BCUT2D eigenvalue weighted by Gasteiger charge is -2.26. The molecule has 1 rings (SSSR count). The highest BCUT2D eigenvalue weighted by Gasteiger charge is 2.24. The first-order valence-electron chi connectivity index (χ1n) is 11.8. The monoisotopic (exact) mass is 405 g/mol. The van der Waals surface area contributed by atoms with Crippen molar-refractivity contribution in [1.82, 2.24) is 0 Å². The Hall–Kier alpha value is -0.630. The predicted octanol–water partition coefficient (Wildman–Crippen LogP) is 9.87. The summed E-state index contributed by atoms with van der Waals surface area (Å²) in [4.78, 5) is 1.30. The van der Waals surface area contributed by atoms with Gasteiger partial charge in [0.2, 0.25) is 0 Å². The van der Waals surface area contributed by atoms with Gasteiger partial charge in [0.25, 0.3) is 0 Å². The summed E-state index contributed by atoms with van der Waals surface area (Å²) in [7, 11) is 0. The third-order valence-corrected chi connectivity index (χ3v) is 7.17. The fraction of sp³-hybridized carbons (Fsp3) is 0.769. The first kappa shape index (κ1) is 25.4. The van der Waals surface area contributed by atoms with Crippen LogP contribution in [-0.4, -0.2) is 4.75 Å². The SMILES string of the molecule is CCCCCC(C)(C)Sc1cc(C(C)CCCC)c([O])c(C(C)CCCC)c1. The van der Waals surface area contributed by atoms with Crippen molar-refractivity contribution in [2.75, 3.05) is 0 Å². The van der Waals surface area contributed by atoms with Crippen LogP contribution in [0.25, 0.3) is 0 Å². The van der Waals surface area contributed by atoms with Crippen LogP contribution in [0.1, 0.15) is 136 Å². The molecular formula is C26H45OS. The lowest BCUT2D eigenvalue weighted by atomic mass is 9.88. The van der Waals surface area contributed by atoms with Gasteiger partial charge in [0.15, 0.2) is 5.75 Å². The zero-order chi connectivity index (χ0) is 21.2. The molecule has 2 atom stereocenters. The van der Waals surface area contributed by atoms with E-state index in [9.17, 15) is 5.11 Å². The quantitative estimate of drug-likeness (QED) is 0.223. The van der Waals surface area contributed by atoms with Gasteiger partial charge in [0, 0.05) is 20.8 Å². The molecule has 2 unspecified atom stereocenters. The Morgan fingerprint density at radius 1 is 0.821 bits per heavy atom. The predicted molar refractivity (Wildman–Crippen MR) is 127 cm³/mol. The van der Waals surface area contributed by atoms with Crippen LogP contribution in [0.4, 0.5) is 0 Å². The Kier molecular flexibility index (Phi) is 11.6. The minimum absolute atomic E-state index is 0.216. The van der Waals surface area contributed by atoms with Crippen LogP contribution in [0, 0.1) is 0 Å². The Morgan fingerprint density at radius 3 is 1.71 bits per heavy atom. The van der Waals surface area contributed by atoms with Crippen molar-refractivity contribution in [1.29, 1.82) is 0 Å². The molecule has 0 saturated heterocycles. The molecule has 0 fully saturated rings. The van der Waals surface area contributed by atoms with Crippen LogP contribution in [-0.2, 0) is 5.11 Å². The minimum Gasteiger partial charge on any atom is -0.289 e. The lowest BCUT2D eigenvalue weighted by Crippen LogP contribution is -2.14. The van der Waals surface area contributed by atoms with Crippen LogP contribution < -0.4 is 0 Å². The van der Waals surface area contributed by atoms with Gasteiger partial charge in [-0.1, -0.05) is 93.4 Å². The standard InChI is InChI=1S/C26H45OS/c1-8-11-14-17-26(6,7)28-22-18-23(20(4)15-12-9-2)25(27)24(19-22)21(5)16-13-10-3/h18-21H,8-17H2,1-7H3. The largest absolute Gasteiger partial charge is 0.289 e. The molecule has 1 aromatic carbocycles. The van der Waals surface area contributed by atoms with E-state index in [2.05, 4.69) is 60.6 Å². The van der Waals surface area contributed by atoms with Crippen molar-refractivity contribution in [3.63, 3.8) is 0 Å². The van der Waals surface area contributed by atoms with Gasteiger partial charge in [0.1, 0.15) is 0 Å². The van der Waals surface area contributed by atoms with Gasteiger partial charge >= 0.3 is 0 Å². The summed E-state index contributed by atoms with van der Waals surface area (Å²) in [5.74, 6) is 1.03. The summed E-state index contributed by atoms with van der Waals surface area (Å²) in [5, 5.41) is 13.3. The molecular weight excluding hydrogens is 360 g/mol. The molecule has 1 radical (unpaired) electrons. The van der Waals surface area contributed by atoms with Crippen LogP contribution in [0.5, 0.6) is 5.75 Å². The summed E-state index contributed by atoms with van der Waals surface area (Å²) in [6.45, 7) is 15.9. The Balaban J connectivity index is 3.16. The fourth-order valence-electron chi connectivity index (χ4n) is 3.94.